The van der Waals surface area contributed by atoms with Crippen LogP contribution in [0.5, 0.6) is 0 Å². The van der Waals surface area contributed by atoms with Gasteiger partial charge >= 0.3 is 5.97 Å². The van der Waals surface area contributed by atoms with Gasteiger partial charge in [0.1, 0.15) is 6.10 Å². The van der Waals surface area contributed by atoms with Gasteiger partial charge < -0.3 is 4.74 Å². The first-order valence-electron chi connectivity index (χ1n) is 3.69. The number of cyclic esters (lactones) is 1. The van der Waals surface area contributed by atoms with Crippen LogP contribution in [0.1, 0.15) is 28.9 Å². The molecule has 0 fully saturated rings. The van der Waals surface area contributed by atoms with E-state index >= 15 is 0 Å². The van der Waals surface area contributed by atoms with Gasteiger partial charge in [-0.05, 0) is 19.1 Å². The second-order valence-electron chi connectivity index (χ2n) is 2.78. The number of hydrogen-bond acceptors (Lipinski definition) is 2. The summed E-state index contributed by atoms with van der Waals surface area (Å²) in [5.74, 6) is -0.278. The molecule has 0 aromatic heterocycles. The summed E-state index contributed by atoms with van der Waals surface area (Å²) in [5, 5.41) is 0.569. The number of fused-ring (bicyclic) bond motifs is 1. The van der Waals surface area contributed by atoms with Gasteiger partial charge in [0.15, 0.2) is 0 Å². The lowest BCUT2D eigenvalue weighted by Crippen LogP contribution is -1.93. The summed E-state index contributed by atoms with van der Waals surface area (Å²) in [7, 11) is 0. The highest BCUT2D eigenvalue weighted by Crippen LogP contribution is 2.31. The minimum Gasteiger partial charge on any atom is -0.454 e. The number of carbonyl (C=O) groups is 1. The molecule has 1 aliphatic heterocycles. The third-order valence-corrected chi connectivity index (χ3v) is 2.19. The molecular formula is C9H7ClO2. The highest BCUT2D eigenvalue weighted by molar-refractivity contribution is 6.31. The van der Waals surface area contributed by atoms with Crippen molar-refractivity contribution in [1.82, 2.24) is 0 Å². The molecule has 0 radical (unpaired) electrons. The van der Waals surface area contributed by atoms with Gasteiger partial charge in [-0.3, -0.25) is 0 Å². The molecule has 0 bridgehead atoms. The van der Waals surface area contributed by atoms with Crippen LogP contribution in [-0.4, -0.2) is 5.97 Å². The number of rotatable bonds is 0. The molecule has 1 unspecified atom stereocenters. The third-order valence-electron chi connectivity index (χ3n) is 1.96. The van der Waals surface area contributed by atoms with E-state index in [-0.39, 0.29) is 12.1 Å². The summed E-state index contributed by atoms with van der Waals surface area (Å²) in [6.07, 6.45) is -0.134. The fourth-order valence-electron chi connectivity index (χ4n) is 1.35. The first kappa shape index (κ1) is 7.62. The number of ether oxygens (including phenoxy) is 1. The molecule has 1 aliphatic rings. The van der Waals surface area contributed by atoms with Crippen molar-refractivity contribution in [1.29, 1.82) is 0 Å². The summed E-state index contributed by atoms with van der Waals surface area (Å²) >= 11 is 5.73. The number of benzene rings is 1. The number of halogens is 1. The van der Waals surface area contributed by atoms with E-state index in [4.69, 9.17) is 16.3 Å². The van der Waals surface area contributed by atoms with Crippen molar-refractivity contribution in [2.24, 2.45) is 0 Å². The van der Waals surface area contributed by atoms with E-state index in [2.05, 4.69) is 0 Å². The zero-order chi connectivity index (χ0) is 8.72. The molecule has 12 heavy (non-hydrogen) atoms. The third kappa shape index (κ3) is 0.994. The maximum Gasteiger partial charge on any atom is 0.339 e. The summed E-state index contributed by atoms with van der Waals surface area (Å²) in [5.41, 5.74) is 1.51. The Balaban J connectivity index is 2.60. The summed E-state index contributed by atoms with van der Waals surface area (Å²) in [4.78, 5) is 11.1. The fourth-order valence-corrected chi connectivity index (χ4v) is 1.52. The van der Waals surface area contributed by atoms with Crippen molar-refractivity contribution in [2.75, 3.05) is 0 Å². The zero-order valence-electron chi connectivity index (χ0n) is 6.50. The molecule has 3 heteroatoms. The number of hydrogen-bond donors (Lipinski definition) is 0. The molecule has 1 aromatic rings. The van der Waals surface area contributed by atoms with Crippen LogP contribution >= 0.6 is 11.6 Å². The van der Waals surface area contributed by atoms with Gasteiger partial charge in [-0.15, -0.1) is 0 Å². The van der Waals surface area contributed by atoms with Crippen LogP contribution < -0.4 is 0 Å². The smallest absolute Gasteiger partial charge is 0.339 e. The Kier molecular flexibility index (Phi) is 1.58. The van der Waals surface area contributed by atoms with E-state index in [0.717, 1.165) is 5.56 Å². The van der Waals surface area contributed by atoms with Crippen LogP contribution in [0.4, 0.5) is 0 Å². The van der Waals surface area contributed by atoms with Crippen molar-refractivity contribution >= 4 is 17.6 Å². The summed E-state index contributed by atoms with van der Waals surface area (Å²) in [6, 6.07) is 5.23. The fraction of sp³-hybridized carbons (Fsp3) is 0.222. The van der Waals surface area contributed by atoms with Crippen molar-refractivity contribution in [3.05, 3.63) is 34.3 Å². The van der Waals surface area contributed by atoms with Gasteiger partial charge in [0.25, 0.3) is 0 Å². The van der Waals surface area contributed by atoms with E-state index in [1.807, 2.05) is 13.0 Å². The Labute approximate surface area is 75.1 Å². The Morgan fingerprint density at radius 1 is 1.50 bits per heavy atom. The number of carbonyl (C=O) groups excluding carboxylic acids is 1. The second kappa shape index (κ2) is 2.49. The van der Waals surface area contributed by atoms with Crippen LogP contribution in [-0.2, 0) is 4.74 Å². The molecule has 62 valence electrons. The lowest BCUT2D eigenvalue weighted by molar-refractivity contribution is 0.0422. The first-order valence-corrected chi connectivity index (χ1v) is 4.06. The van der Waals surface area contributed by atoms with E-state index < -0.39 is 0 Å². The maximum atomic E-state index is 11.1. The molecule has 2 nitrogen and oxygen atoms in total. The average Bonchev–Trinajstić information content (AvgIpc) is 2.28. The quantitative estimate of drug-likeness (QED) is 0.577. The minimum atomic E-state index is -0.278. The Morgan fingerprint density at radius 3 is 3.00 bits per heavy atom. The van der Waals surface area contributed by atoms with E-state index in [1.54, 1.807) is 12.1 Å². The lowest BCUT2D eigenvalue weighted by atomic mass is 10.1. The molecule has 1 aromatic carbocycles. The molecular weight excluding hydrogens is 176 g/mol. The lowest BCUT2D eigenvalue weighted by Gasteiger charge is -2.00. The largest absolute Gasteiger partial charge is 0.454 e. The Morgan fingerprint density at radius 2 is 2.25 bits per heavy atom. The molecule has 0 N–H and O–H groups in total. The monoisotopic (exact) mass is 182 g/mol. The van der Waals surface area contributed by atoms with Crippen molar-refractivity contribution in [3.8, 4) is 0 Å². The molecule has 0 spiro atoms. The highest BCUT2D eigenvalue weighted by atomic mass is 35.5. The predicted molar refractivity (Wildman–Crippen MR) is 45.3 cm³/mol. The molecule has 1 heterocycles. The average molecular weight is 183 g/mol. The van der Waals surface area contributed by atoms with Gasteiger partial charge in [-0.2, -0.15) is 0 Å². The Bertz CT molecular complexity index is 346. The van der Waals surface area contributed by atoms with Gasteiger partial charge in [0.05, 0.1) is 5.56 Å². The van der Waals surface area contributed by atoms with Crippen LogP contribution in [0, 0.1) is 0 Å². The zero-order valence-corrected chi connectivity index (χ0v) is 7.26. The minimum absolute atomic E-state index is 0.134. The topological polar surface area (TPSA) is 26.3 Å². The van der Waals surface area contributed by atoms with Gasteiger partial charge in [-0.1, -0.05) is 17.7 Å². The maximum absolute atomic E-state index is 11.1. The number of esters is 1. The van der Waals surface area contributed by atoms with Crippen molar-refractivity contribution < 1.29 is 9.53 Å². The molecule has 0 aliphatic carbocycles. The normalized spacial score (nSPS) is 20.5. The molecule has 1 atom stereocenters. The standard InChI is InChI=1S/C9H7ClO2/c1-5-7-3-2-6(10)4-8(7)9(11)12-5/h2-5H,1H3. The van der Waals surface area contributed by atoms with E-state index in [1.165, 1.54) is 0 Å². The summed E-state index contributed by atoms with van der Waals surface area (Å²) in [6.45, 7) is 1.84. The molecule has 0 saturated heterocycles. The SMILES string of the molecule is CC1OC(=O)c2cc(Cl)ccc21. The predicted octanol–water partition coefficient (Wildman–Crippen LogP) is 2.57. The van der Waals surface area contributed by atoms with E-state index in [0.29, 0.717) is 10.6 Å². The molecule has 2 rings (SSSR count). The van der Waals surface area contributed by atoms with Gasteiger partial charge in [0.2, 0.25) is 0 Å². The van der Waals surface area contributed by atoms with Crippen molar-refractivity contribution in [3.63, 3.8) is 0 Å². The Hall–Kier alpha value is -1.02. The first-order chi connectivity index (χ1) is 5.68. The van der Waals surface area contributed by atoms with E-state index in [9.17, 15) is 4.79 Å². The van der Waals surface area contributed by atoms with Crippen molar-refractivity contribution in [2.45, 2.75) is 13.0 Å². The van der Waals surface area contributed by atoms with Crippen LogP contribution in [0.15, 0.2) is 18.2 Å². The molecule has 0 saturated carbocycles. The van der Waals surface area contributed by atoms with Crippen LogP contribution in [0.2, 0.25) is 5.02 Å². The van der Waals surface area contributed by atoms with Gasteiger partial charge in [-0.25, -0.2) is 4.79 Å². The summed E-state index contributed by atoms with van der Waals surface area (Å²) < 4.78 is 4.99. The highest BCUT2D eigenvalue weighted by Gasteiger charge is 2.27. The van der Waals surface area contributed by atoms with Gasteiger partial charge in [0, 0.05) is 10.6 Å². The van der Waals surface area contributed by atoms with Crippen LogP contribution in [0.25, 0.3) is 0 Å². The van der Waals surface area contributed by atoms with Crippen LogP contribution in [0.3, 0.4) is 0 Å². The molecule has 0 amide bonds. The second-order valence-corrected chi connectivity index (χ2v) is 3.22.